The first-order valence-corrected chi connectivity index (χ1v) is 9.68. The van der Waals surface area contributed by atoms with Gasteiger partial charge in [0.25, 0.3) is 0 Å². The Morgan fingerprint density at radius 3 is 2.27 bits per heavy atom. The molecule has 2 N–H and O–H groups in total. The molecule has 0 spiro atoms. The third-order valence-corrected chi connectivity index (χ3v) is 4.80. The predicted octanol–water partition coefficient (Wildman–Crippen LogP) is 5.65. The number of anilines is 1. The third-order valence-electron chi connectivity index (χ3n) is 4.49. The zero-order chi connectivity index (χ0) is 24.2. The van der Waals surface area contributed by atoms with Gasteiger partial charge in [-0.1, -0.05) is 48.0 Å². The highest BCUT2D eigenvalue weighted by molar-refractivity contribution is 6.31. The summed E-state index contributed by atoms with van der Waals surface area (Å²) in [5.41, 5.74) is -0.0556. The van der Waals surface area contributed by atoms with E-state index >= 15 is 0 Å². The number of hydrogen-bond acceptors (Lipinski definition) is 4. The molecule has 3 aromatic rings. The second-order valence-electron chi connectivity index (χ2n) is 6.80. The van der Waals surface area contributed by atoms with Crippen LogP contribution in [0.25, 0.3) is 11.3 Å². The molecule has 0 saturated heterocycles. The Morgan fingerprint density at radius 2 is 1.67 bits per heavy atom. The van der Waals surface area contributed by atoms with Crippen LogP contribution in [-0.4, -0.2) is 28.6 Å². The lowest BCUT2D eigenvalue weighted by Gasteiger charge is -2.21. The molecule has 1 aromatic heterocycles. The molecular formula is C21H15ClF6N4O. The average Bonchev–Trinajstić information content (AvgIpc) is 2.75. The van der Waals surface area contributed by atoms with Crippen LogP contribution in [0.1, 0.15) is 17.2 Å². The normalized spacial score (nSPS) is 12.8. The number of carbonyl (C=O) groups excluding carboxylic acids is 1. The lowest BCUT2D eigenvalue weighted by atomic mass is 10.1. The first-order chi connectivity index (χ1) is 15.4. The molecule has 1 unspecified atom stereocenters. The summed E-state index contributed by atoms with van der Waals surface area (Å²) in [4.78, 5) is 19.4. The van der Waals surface area contributed by atoms with Crippen molar-refractivity contribution < 1.29 is 31.1 Å². The number of carbonyl (C=O) groups is 1. The highest BCUT2D eigenvalue weighted by Crippen LogP contribution is 2.36. The maximum Gasteiger partial charge on any atom is 0.471 e. The minimum atomic E-state index is -5.06. The highest BCUT2D eigenvalue weighted by Gasteiger charge is 2.40. The zero-order valence-corrected chi connectivity index (χ0v) is 17.3. The van der Waals surface area contributed by atoms with Crippen molar-refractivity contribution in [3.63, 3.8) is 0 Å². The number of halogens is 7. The maximum absolute atomic E-state index is 12.9. The standard InChI is InChI=1S/C21H15ClF6N4O/c22-15-8-13(6-7-14(15)20(23,24)25)16-9-18(31-11-30-16)29-10-17(12-4-2-1-3-5-12)32-19(33)21(26,27)28/h1-9,11,17H,10H2,(H,32,33)(H,29,30,31). The number of alkyl halides is 6. The van der Waals surface area contributed by atoms with E-state index in [4.69, 9.17) is 11.6 Å². The maximum atomic E-state index is 12.9. The Kier molecular flexibility index (Phi) is 7.11. The van der Waals surface area contributed by atoms with Gasteiger partial charge in [0.15, 0.2) is 0 Å². The van der Waals surface area contributed by atoms with Crippen LogP contribution >= 0.6 is 11.6 Å². The Bertz CT molecular complexity index is 1120. The summed E-state index contributed by atoms with van der Waals surface area (Å²) in [6, 6.07) is 11.5. The van der Waals surface area contributed by atoms with Crippen LogP contribution in [0.3, 0.4) is 0 Å². The Hall–Kier alpha value is -3.34. The summed E-state index contributed by atoms with van der Waals surface area (Å²) in [5, 5.41) is 4.23. The van der Waals surface area contributed by atoms with Gasteiger partial charge in [0.1, 0.15) is 12.1 Å². The fraction of sp³-hybridized carbons (Fsp3) is 0.190. The number of hydrogen-bond donors (Lipinski definition) is 2. The molecule has 0 radical (unpaired) electrons. The summed E-state index contributed by atoms with van der Waals surface area (Å²) < 4.78 is 76.9. The number of aromatic nitrogens is 2. The molecule has 174 valence electrons. The summed E-state index contributed by atoms with van der Waals surface area (Å²) in [5.74, 6) is -1.92. The van der Waals surface area contributed by atoms with Crippen molar-refractivity contribution in [2.75, 3.05) is 11.9 Å². The predicted molar refractivity (Wildman–Crippen MR) is 109 cm³/mol. The average molecular weight is 489 g/mol. The monoisotopic (exact) mass is 488 g/mol. The molecule has 1 amide bonds. The van der Waals surface area contributed by atoms with Gasteiger partial charge in [-0.05, 0) is 17.7 Å². The van der Waals surface area contributed by atoms with Crippen molar-refractivity contribution in [1.29, 1.82) is 0 Å². The van der Waals surface area contributed by atoms with E-state index in [9.17, 15) is 31.1 Å². The quantitative estimate of drug-likeness (QED) is 0.440. The van der Waals surface area contributed by atoms with Gasteiger partial charge < -0.3 is 10.6 Å². The van der Waals surface area contributed by atoms with Crippen molar-refractivity contribution >= 4 is 23.3 Å². The number of rotatable bonds is 6. The molecule has 1 atom stereocenters. The van der Waals surface area contributed by atoms with Crippen LogP contribution in [-0.2, 0) is 11.0 Å². The van der Waals surface area contributed by atoms with Gasteiger partial charge in [0.2, 0.25) is 0 Å². The van der Waals surface area contributed by atoms with Gasteiger partial charge in [-0.25, -0.2) is 9.97 Å². The molecule has 0 aliphatic rings. The topological polar surface area (TPSA) is 66.9 Å². The van der Waals surface area contributed by atoms with Crippen molar-refractivity contribution in [3.05, 3.63) is 77.1 Å². The fourth-order valence-corrected chi connectivity index (χ4v) is 3.19. The first kappa shape index (κ1) is 24.3. The van der Waals surface area contributed by atoms with E-state index in [1.165, 1.54) is 12.1 Å². The molecule has 0 aliphatic carbocycles. The molecular weight excluding hydrogens is 474 g/mol. The largest absolute Gasteiger partial charge is 0.471 e. The number of nitrogens with zero attached hydrogens (tertiary/aromatic N) is 2. The lowest BCUT2D eigenvalue weighted by Crippen LogP contribution is -2.41. The van der Waals surface area contributed by atoms with Crippen molar-refractivity contribution in [1.82, 2.24) is 15.3 Å². The second kappa shape index (κ2) is 9.65. The second-order valence-corrected chi connectivity index (χ2v) is 7.20. The van der Waals surface area contributed by atoms with Gasteiger partial charge in [-0.2, -0.15) is 26.3 Å². The van der Waals surface area contributed by atoms with Gasteiger partial charge in [0.05, 0.1) is 22.3 Å². The number of nitrogens with one attached hydrogen (secondary N) is 2. The SMILES string of the molecule is O=C(NC(CNc1cc(-c2ccc(C(F)(F)F)c(Cl)c2)ncn1)c1ccccc1)C(F)(F)F. The van der Waals surface area contributed by atoms with Gasteiger partial charge in [0, 0.05) is 18.2 Å². The summed E-state index contributed by atoms with van der Waals surface area (Å²) in [7, 11) is 0. The molecule has 0 aliphatic heterocycles. The van der Waals surface area contributed by atoms with E-state index in [0.29, 0.717) is 5.56 Å². The minimum absolute atomic E-state index is 0.157. The Labute approximate surface area is 188 Å². The van der Waals surface area contributed by atoms with E-state index in [1.807, 2.05) is 5.32 Å². The summed E-state index contributed by atoms with van der Waals surface area (Å²) in [6.45, 7) is -0.157. The van der Waals surface area contributed by atoms with Crippen LogP contribution in [0.2, 0.25) is 5.02 Å². The highest BCUT2D eigenvalue weighted by atomic mass is 35.5. The van der Waals surface area contributed by atoms with E-state index in [0.717, 1.165) is 18.5 Å². The van der Waals surface area contributed by atoms with E-state index in [2.05, 4.69) is 15.3 Å². The van der Waals surface area contributed by atoms with Crippen LogP contribution in [0, 0.1) is 0 Å². The summed E-state index contributed by atoms with van der Waals surface area (Å²) >= 11 is 5.75. The van der Waals surface area contributed by atoms with Crippen LogP contribution in [0.15, 0.2) is 60.9 Å². The lowest BCUT2D eigenvalue weighted by molar-refractivity contribution is -0.174. The zero-order valence-electron chi connectivity index (χ0n) is 16.5. The van der Waals surface area contributed by atoms with Crippen LogP contribution in [0.5, 0.6) is 0 Å². The number of benzene rings is 2. The molecule has 0 saturated carbocycles. The van der Waals surface area contributed by atoms with Crippen LogP contribution < -0.4 is 10.6 Å². The molecule has 0 fully saturated rings. The van der Waals surface area contributed by atoms with Crippen molar-refractivity contribution in [3.8, 4) is 11.3 Å². The Balaban J connectivity index is 1.80. The van der Waals surface area contributed by atoms with Crippen molar-refractivity contribution in [2.45, 2.75) is 18.4 Å². The van der Waals surface area contributed by atoms with E-state index < -0.39 is 34.9 Å². The molecule has 5 nitrogen and oxygen atoms in total. The first-order valence-electron chi connectivity index (χ1n) is 9.31. The van der Waals surface area contributed by atoms with E-state index in [1.54, 1.807) is 30.3 Å². The molecule has 3 rings (SSSR count). The van der Waals surface area contributed by atoms with Gasteiger partial charge in [-0.3, -0.25) is 4.79 Å². The van der Waals surface area contributed by atoms with E-state index in [-0.39, 0.29) is 23.6 Å². The van der Waals surface area contributed by atoms with Crippen molar-refractivity contribution in [2.24, 2.45) is 0 Å². The molecule has 2 aromatic carbocycles. The number of amides is 1. The molecule has 1 heterocycles. The molecule has 0 bridgehead atoms. The smallest absolute Gasteiger partial charge is 0.368 e. The minimum Gasteiger partial charge on any atom is -0.368 e. The van der Waals surface area contributed by atoms with Gasteiger partial charge in [-0.15, -0.1) is 0 Å². The fourth-order valence-electron chi connectivity index (χ4n) is 2.90. The molecule has 12 heteroatoms. The van der Waals surface area contributed by atoms with Crippen LogP contribution in [0.4, 0.5) is 32.2 Å². The summed E-state index contributed by atoms with van der Waals surface area (Å²) in [6.07, 6.45) is -8.53. The van der Waals surface area contributed by atoms with Gasteiger partial charge >= 0.3 is 18.3 Å². The third kappa shape index (κ3) is 6.35. The molecule has 33 heavy (non-hydrogen) atoms. The Morgan fingerprint density at radius 1 is 0.970 bits per heavy atom.